The van der Waals surface area contributed by atoms with Crippen molar-refractivity contribution in [3.63, 3.8) is 0 Å². The van der Waals surface area contributed by atoms with Crippen molar-refractivity contribution < 1.29 is 221 Å². The number of thiazole rings is 4. The number of hydrogen-bond acceptors (Lipinski definition) is 22. The summed E-state index contributed by atoms with van der Waals surface area (Å²) >= 11 is 11.6. The van der Waals surface area contributed by atoms with E-state index in [9.17, 15) is 49.1 Å². The van der Waals surface area contributed by atoms with Crippen molar-refractivity contribution in [3.8, 4) is 21.1 Å². The Hall–Kier alpha value is -1.41. The van der Waals surface area contributed by atoms with E-state index in [1.54, 1.807) is 28.4 Å². The normalized spacial score (nSPS) is 9.55. The zero-order chi connectivity index (χ0) is 55.2. The van der Waals surface area contributed by atoms with Gasteiger partial charge in [-0.3, -0.25) is 14.4 Å². The molecule has 0 aromatic carbocycles. The van der Waals surface area contributed by atoms with Crippen LogP contribution in [0, 0.1) is 0 Å². The van der Waals surface area contributed by atoms with E-state index in [1.165, 1.54) is 59.2 Å². The summed E-state index contributed by atoms with van der Waals surface area (Å²) in [4.78, 5) is 67.2. The smallest absolute Gasteiger partial charge is 1.00 e. The van der Waals surface area contributed by atoms with Crippen molar-refractivity contribution in [2.24, 2.45) is 0 Å². The summed E-state index contributed by atoms with van der Waals surface area (Å²) in [5, 5.41) is 28.1. The van der Waals surface area contributed by atoms with E-state index in [0.717, 1.165) is 52.1 Å². The number of aliphatic hydroxyl groups is 1. The average molecular weight is 1620 g/mol. The molecular formula is C36H43BBr3Cs2F9N14O8S4. The molecule has 0 aliphatic heterocycles. The fourth-order valence-electron chi connectivity index (χ4n) is 3.47. The molecule has 418 valence electrons. The molecule has 7 rings (SSSR count). The average Bonchev–Trinajstić information content (AvgIpc) is 4.14. The third-order valence-electron chi connectivity index (χ3n) is 5.87. The largest absolute Gasteiger partial charge is 1.00 e. The van der Waals surface area contributed by atoms with Gasteiger partial charge in [-0.2, -0.15) is 39.5 Å². The Morgan fingerprint density at radius 2 is 0.961 bits per heavy atom. The Balaban J connectivity index is -0.000000129. The molecule has 7 aromatic rings. The summed E-state index contributed by atoms with van der Waals surface area (Å²) in [6.07, 6.45) is -7.51. The molecule has 0 aliphatic carbocycles. The van der Waals surface area contributed by atoms with Crippen molar-refractivity contribution >= 4 is 149 Å². The first kappa shape index (κ1) is 86.8. The minimum Gasteiger partial charge on any atom is -1.00 e. The second kappa shape index (κ2) is 47.1. The van der Waals surface area contributed by atoms with Gasteiger partial charge in [-0.25, -0.2) is 49.8 Å². The molecule has 77 heavy (non-hydrogen) atoms. The van der Waals surface area contributed by atoms with Crippen LogP contribution >= 0.6 is 94.2 Å². The maximum Gasteiger partial charge on any atom is 1.00 e. The molecule has 0 atom stereocenters. The van der Waals surface area contributed by atoms with Crippen molar-refractivity contribution in [2.45, 2.75) is 53.6 Å². The van der Waals surface area contributed by atoms with Gasteiger partial charge in [0.25, 0.3) is 6.47 Å². The van der Waals surface area contributed by atoms with Crippen molar-refractivity contribution in [3.05, 3.63) is 84.0 Å². The van der Waals surface area contributed by atoms with Gasteiger partial charge in [0.15, 0.2) is 7.83 Å². The van der Waals surface area contributed by atoms with Gasteiger partial charge in [-0.15, -0.1) is 62.3 Å². The van der Waals surface area contributed by atoms with Crippen molar-refractivity contribution in [1.29, 1.82) is 0 Å². The van der Waals surface area contributed by atoms with Gasteiger partial charge in [-0.05, 0) is 31.9 Å². The van der Waals surface area contributed by atoms with Crippen LogP contribution in [0.15, 0.2) is 66.5 Å². The van der Waals surface area contributed by atoms with E-state index < -0.39 is 36.0 Å². The monoisotopic (exact) mass is 1610 g/mol. The number of anilines is 4. The van der Waals surface area contributed by atoms with E-state index in [2.05, 4.69) is 97.2 Å². The number of nitrogens with two attached hydrogens (primary N) is 2. The minimum atomic E-state index is -4.57. The van der Waals surface area contributed by atoms with E-state index in [1.807, 2.05) is 0 Å². The molecular weight excluding hydrogens is 1570 g/mol. The maximum absolute atomic E-state index is 12.3. The number of alkyl halides is 9. The van der Waals surface area contributed by atoms with Crippen LogP contribution in [0.1, 0.15) is 55.4 Å². The second-order valence-electron chi connectivity index (χ2n) is 11.1. The van der Waals surface area contributed by atoms with Crippen molar-refractivity contribution in [1.82, 2.24) is 49.8 Å². The number of nitrogens with one attached hydrogen (secondary N) is 2. The molecule has 0 aliphatic rings. The predicted molar refractivity (Wildman–Crippen MR) is 278 cm³/mol. The number of hydrogen-bond donors (Lipinski definition) is 5. The Morgan fingerprint density at radius 3 is 1.22 bits per heavy atom. The first-order valence-corrected chi connectivity index (χ1v) is 22.8. The van der Waals surface area contributed by atoms with Gasteiger partial charge >= 0.3 is 156 Å². The predicted octanol–water partition coefficient (Wildman–Crippen LogP) is 1.17. The van der Waals surface area contributed by atoms with Crippen LogP contribution in [-0.4, -0.2) is 99.1 Å². The molecule has 0 spiro atoms. The van der Waals surface area contributed by atoms with Crippen LogP contribution < -0.4 is 171 Å². The number of rotatable bonds is 5. The number of halogens is 12. The Bertz CT molecular complexity index is 2650. The second-order valence-corrected chi connectivity index (χ2v) is 17.1. The first-order valence-electron chi connectivity index (χ1n) is 18.4. The zero-order valence-electron chi connectivity index (χ0n) is 41.4. The summed E-state index contributed by atoms with van der Waals surface area (Å²) in [5.74, 6) is -2.07. The number of nitrogens with zero attached hydrogens (tertiary/aromatic N) is 10. The SMILES string of the molecule is Br.C.CC(=O)Nc1csc(-c2cnc(C(F)(F)F)nc2)n1.CC(=O)Nc1csc(Br)n1.CO.Nc1csc(-c2cnc(C(F)(F)F)nc2)n1.Nc1csc(Br)n1.O.O.O=CO[O-].[2H]CC.[B]c1cnc(C(F)(F)F)nc1.[Cs+].[Cs+].[H-]. The van der Waals surface area contributed by atoms with E-state index in [0.29, 0.717) is 51.3 Å². The third-order valence-corrected chi connectivity index (χ3v) is 10.4. The summed E-state index contributed by atoms with van der Waals surface area (Å²) < 4.78 is 116. The Morgan fingerprint density at radius 1 is 0.675 bits per heavy atom. The molecule has 41 heteroatoms. The summed E-state index contributed by atoms with van der Waals surface area (Å²) in [7, 11) is 6.08. The Labute approximate surface area is 597 Å². The molecule has 0 saturated heterocycles. The van der Waals surface area contributed by atoms with Gasteiger partial charge in [-0.1, -0.05) is 26.7 Å². The van der Waals surface area contributed by atoms with Crippen LogP contribution in [-0.2, 0) is 37.8 Å². The summed E-state index contributed by atoms with van der Waals surface area (Å²) in [5.41, 5.74) is 11.5. The summed E-state index contributed by atoms with van der Waals surface area (Å²) in [6.45, 7) is 4.90. The van der Waals surface area contributed by atoms with E-state index in [-0.39, 0.29) is 198 Å². The molecule has 11 N–H and O–H groups in total. The van der Waals surface area contributed by atoms with E-state index >= 15 is 0 Å². The van der Waals surface area contributed by atoms with Gasteiger partial charge in [0.2, 0.25) is 29.3 Å². The van der Waals surface area contributed by atoms with Gasteiger partial charge in [0.05, 0.1) is 0 Å². The topological polar surface area (TPSA) is 372 Å². The van der Waals surface area contributed by atoms with E-state index in [4.69, 9.17) is 35.8 Å². The third kappa shape index (κ3) is 39.6. The molecule has 2 amide bonds. The quantitative estimate of drug-likeness (QED) is 0.0531. The molecule has 2 radical (unpaired) electrons. The standard InChI is InChI=1S/C10H7F3N4OS.C8H5F3N4S.C5H2BF3N2.C5H5BrN2OS.C3H3BrN2S.C2H6.CH2O3.CH4O.CH4.BrH.2Cs.2H2O.H/c1-5(18)16-7-4-19-8(17-7)6-2-14-9(15-3-6)10(11,12)13;9-8(10,11)7-13-1-4(2-14-7)6-15-5(12)3-16-6;6-3-1-10-4(11-2-3)5(7,8)9;1-3(9)7-4-2-10-5(6)8-4;4-3-6-2(5)1-7-3;1-2;2-1-4-3;1-2;;;;;;;/h2-4H,1H3,(H,16,18);1-3H,12H2;1-2H;2H,1H3,(H,7,9);1H,5H2;1-2H3;1,3H;2H,1H3;1H4;1H;;;2*1H2;/q;;;;;;;;;;2*+1;;;-1/p-1/i;;;;;1D;;;;;;;;;. The molecule has 7 aromatic heterocycles. The van der Waals surface area contributed by atoms with Crippen molar-refractivity contribution in [2.75, 3.05) is 29.2 Å². The van der Waals surface area contributed by atoms with Crippen LogP contribution in [0.2, 0.25) is 0 Å². The first-order chi connectivity index (χ1) is 33.6. The van der Waals surface area contributed by atoms with Crippen LogP contribution in [0.5, 0.6) is 0 Å². The van der Waals surface area contributed by atoms with Crippen LogP contribution in [0.4, 0.5) is 62.8 Å². The van der Waals surface area contributed by atoms with Gasteiger partial charge in [0.1, 0.15) is 41.1 Å². The number of aromatic nitrogens is 10. The molecule has 22 nitrogen and oxygen atoms in total. The fraction of sp³-hybridized carbons (Fsp3) is 0.250. The maximum atomic E-state index is 12.3. The molecule has 0 fully saturated rings. The minimum absolute atomic E-state index is 0. The molecule has 0 unspecified atom stereocenters. The Kier molecular flexibility index (Phi) is 53.1. The number of aliphatic hydroxyl groups excluding tert-OH is 1. The van der Waals surface area contributed by atoms with Crippen LogP contribution in [0.3, 0.4) is 0 Å². The van der Waals surface area contributed by atoms with Gasteiger partial charge < -0.3 is 49.7 Å². The number of amides is 2. The zero-order valence-corrected chi connectivity index (χ0v) is 60.2. The molecule has 7 heterocycles. The fourth-order valence-corrected chi connectivity index (χ4v) is 6.74. The van der Waals surface area contributed by atoms with Crippen LogP contribution in [0.25, 0.3) is 21.1 Å². The molecule has 0 bridgehead atoms. The number of nitrogen functional groups attached to an aromatic ring is 2. The number of carbonyl (C=O) groups is 3. The number of carbonyl (C=O) groups excluding carboxylic acids is 3. The summed E-state index contributed by atoms with van der Waals surface area (Å²) in [6, 6.07) is 0. The van der Waals surface area contributed by atoms with Gasteiger partial charge in [0, 0.05) is 92.2 Å². The molecule has 0 saturated carbocycles.